The molecule has 2 N–H and O–H groups in total. The van der Waals surface area contributed by atoms with Crippen LogP contribution in [-0.2, 0) is 32.1 Å². The van der Waals surface area contributed by atoms with Crippen LogP contribution in [0.4, 0.5) is 4.79 Å². The van der Waals surface area contributed by atoms with E-state index in [0.717, 1.165) is 11.1 Å². The van der Waals surface area contributed by atoms with Crippen molar-refractivity contribution in [3.63, 3.8) is 0 Å². The second-order valence-electron chi connectivity index (χ2n) is 9.06. The zero-order valence-electron chi connectivity index (χ0n) is 19.3. The molecule has 0 aliphatic heterocycles. The molecule has 0 saturated heterocycles. The molecule has 0 aliphatic carbocycles. The predicted octanol–water partition coefficient (Wildman–Crippen LogP) is 3.76. The normalized spacial score (nSPS) is 12.4. The van der Waals surface area contributed by atoms with Crippen LogP contribution in [0.25, 0.3) is 0 Å². The highest BCUT2D eigenvalue weighted by Crippen LogP contribution is 2.15. The molecule has 32 heavy (non-hydrogen) atoms. The molecule has 0 aliphatic rings. The number of carbonyl (C=O) groups is 3. The molecular weight excluding hydrogens is 408 g/mol. The second-order valence-corrected chi connectivity index (χ2v) is 9.06. The van der Waals surface area contributed by atoms with Gasteiger partial charge in [-0.3, -0.25) is 4.79 Å². The van der Waals surface area contributed by atoms with Gasteiger partial charge in [0.05, 0.1) is 0 Å². The molecule has 1 atom stereocenters. The summed E-state index contributed by atoms with van der Waals surface area (Å²) < 4.78 is 10.7. The zero-order chi connectivity index (χ0) is 23.8. The van der Waals surface area contributed by atoms with Crippen LogP contribution in [0.1, 0.15) is 45.7 Å². The maximum atomic E-state index is 13.1. The molecular formula is C25H32N2O5. The minimum Gasteiger partial charge on any atom is -0.458 e. The van der Waals surface area contributed by atoms with Crippen LogP contribution in [0.15, 0.2) is 60.7 Å². The second kappa shape index (κ2) is 10.8. The van der Waals surface area contributed by atoms with Gasteiger partial charge in [-0.1, -0.05) is 60.7 Å². The number of hydrogen-bond acceptors (Lipinski definition) is 5. The highest BCUT2D eigenvalue weighted by molar-refractivity contribution is 5.91. The molecule has 0 aromatic heterocycles. The maximum absolute atomic E-state index is 13.1. The molecule has 0 bridgehead atoms. The first kappa shape index (κ1) is 24.9. The molecule has 0 radical (unpaired) electrons. The highest BCUT2D eigenvalue weighted by atomic mass is 16.6. The summed E-state index contributed by atoms with van der Waals surface area (Å²) in [5.74, 6) is -1.08. The van der Waals surface area contributed by atoms with Crippen LogP contribution in [0.2, 0.25) is 0 Å². The van der Waals surface area contributed by atoms with Crippen molar-refractivity contribution in [1.82, 2.24) is 10.6 Å². The smallest absolute Gasteiger partial charge is 0.408 e. The van der Waals surface area contributed by atoms with Gasteiger partial charge in [-0.15, -0.1) is 0 Å². The number of alkyl carbamates (subject to hydrolysis) is 1. The van der Waals surface area contributed by atoms with Crippen molar-refractivity contribution in [3.05, 3.63) is 71.8 Å². The summed E-state index contributed by atoms with van der Waals surface area (Å²) in [6.45, 7) is 8.47. The van der Waals surface area contributed by atoms with Crippen molar-refractivity contribution >= 4 is 18.0 Å². The average Bonchev–Trinajstić information content (AvgIpc) is 2.72. The summed E-state index contributed by atoms with van der Waals surface area (Å²) in [4.78, 5) is 38.0. The number of ether oxygens (including phenoxy) is 2. The topological polar surface area (TPSA) is 93.7 Å². The molecule has 2 aromatic carbocycles. The Morgan fingerprint density at radius 2 is 1.38 bits per heavy atom. The molecule has 0 fully saturated rings. The predicted molar refractivity (Wildman–Crippen MR) is 122 cm³/mol. The quantitative estimate of drug-likeness (QED) is 0.610. The number of hydrogen-bond donors (Lipinski definition) is 2. The van der Waals surface area contributed by atoms with Crippen molar-refractivity contribution in [3.8, 4) is 0 Å². The van der Waals surface area contributed by atoms with Gasteiger partial charge < -0.3 is 20.1 Å². The Labute approximate surface area is 189 Å². The number of benzene rings is 2. The Kier molecular flexibility index (Phi) is 8.41. The molecule has 1 unspecified atom stereocenters. The van der Waals surface area contributed by atoms with Gasteiger partial charge in [0, 0.05) is 6.42 Å². The molecule has 7 heteroatoms. The van der Waals surface area contributed by atoms with Gasteiger partial charge in [0.15, 0.2) is 0 Å². The summed E-state index contributed by atoms with van der Waals surface area (Å²) in [5, 5.41) is 5.31. The first-order valence-electron chi connectivity index (χ1n) is 10.5. The molecule has 0 saturated carbocycles. The van der Waals surface area contributed by atoms with E-state index in [4.69, 9.17) is 9.47 Å². The van der Waals surface area contributed by atoms with Crippen molar-refractivity contribution < 1.29 is 23.9 Å². The zero-order valence-corrected chi connectivity index (χ0v) is 19.3. The first-order valence-corrected chi connectivity index (χ1v) is 10.5. The van der Waals surface area contributed by atoms with Gasteiger partial charge in [0.1, 0.15) is 23.8 Å². The summed E-state index contributed by atoms with van der Waals surface area (Å²) in [6, 6.07) is 17.6. The van der Waals surface area contributed by atoms with Crippen LogP contribution < -0.4 is 10.6 Å². The summed E-state index contributed by atoms with van der Waals surface area (Å²) in [6.07, 6.45) is -0.489. The van der Waals surface area contributed by atoms with E-state index < -0.39 is 35.2 Å². The lowest BCUT2D eigenvalue weighted by Gasteiger charge is -2.30. The number of nitrogens with one attached hydrogen (secondary N) is 2. The monoisotopic (exact) mass is 440 g/mol. The Hall–Kier alpha value is -3.35. The Balaban J connectivity index is 2.08. The maximum Gasteiger partial charge on any atom is 0.408 e. The van der Waals surface area contributed by atoms with Crippen LogP contribution in [0, 0.1) is 0 Å². The van der Waals surface area contributed by atoms with E-state index in [9.17, 15) is 14.4 Å². The minimum absolute atomic E-state index is 0.0791. The summed E-state index contributed by atoms with van der Waals surface area (Å²) >= 11 is 0. The van der Waals surface area contributed by atoms with Gasteiger partial charge in [0.25, 0.3) is 0 Å². The van der Waals surface area contributed by atoms with E-state index in [1.807, 2.05) is 60.7 Å². The molecule has 2 rings (SSSR count). The van der Waals surface area contributed by atoms with E-state index in [-0.39, 0.29) is 13.0 Å². The van der Waals surface area contributed by atoms with E-state index in [1.165, 1.54) is 0 Å². The Morgan fingerprint density at radius 3 is 1.91 bits per heavy atom. The largest absolute Gasteiger partial charge is 0.458 e. The lowest BCUT2D eigenvalue weighted by molar-refractivity contribution is -0.163. The third-order valence-electron chi connectivity index (χ3n) is 4.45. The van der Waals surface area contributed by atoms with E-state index in [0.29, 0.717) is 0 Å². The third-order valence-corrected chi connectivity index (χ3v) is 4.45. The van der Waals surface area contributed by atoms with Crippen LogP contribution in [0.5, 0.6) is 0 Å². The van der Waals surface area contributed by atoms with Gasteiger partial charge in [0.2, 0.25) is 5.91 Å². The molecule has 0 heterocycles. The third kappa shape index (κ3) is 8.41. The molecule has 7 nitrogen and oxygen atoms in total. The van der Waals surface area contributed by atoms with Crippen molar-refractivity contribution in [2.45, 2.75) is 64.8 Å². The molecule has 172 valence electrons. The van der Waals surface area contributed by atoms with Crippen molar-refractivity contribution in [2.24, 2.45) is 0 Å². The molecule has 2 aromatic rings. The number of esters is 1. The fraction of sp³-hybridized carbons (Fsp3) is 0.400. The number of carbonyl (C=O) groups excluding carboxylic acids is 3. The Bertz CT molecular complexity index is 905. The van der Waals surface area contributed by atoms with E-state index >= 15 is 0 Å². The fourth-order valence-corrected chi connectivity index (χ4v) is 2.82. The van der Waals surface area contributed by atoms with E-state index in [2.05, 4.69) is 10.6 Å². The summed E-state index contributed by atoms with van der Waals surface area (Å²) in [7, 11) is 0. The van der Waals surface area contributed by atoms with Gasteiger partial charge in [-0.2, -0.15) is 0 Å². The number of amides is 2. The standard InChI is InChI=1S/C25H32N2O5/c1-24(2,3)32-22(29)25(4,5)27-21(28)20(16-18-12-8-6-9-13-18)26-23(30)31-17-19-14-10-7-11-15-19/h6-15,20H,16-17H2,1-5H3,(H,26,30)(H,27,28). The average molecular weight is 441 g/mol. The fourth-order valence-electron chi connectivity index (χ4n) is 2.82. The van der Waals surface area contributed by atoms with Crippen LogP contribution >= 0.6 is 0 Å². The summed E-state index contributed by atoms with van der Waals surface area (Å²) in [5.41, 5.74) is -0.291. The van der Waals surface area contributed by atoms with Gasteiger partial charge in [-0.05, 0) is 45.7 Å². The number of rotatable bonds is 8. The lowest BCUT2D eigenvalue weighted by Crippen LogP contribution is -2.58. The van der Waals surface area contributed by atoms with Crippen LogP contribution in [0.3, 0.4) is 0 Å². The Morgan fingerprint density at radius 1 is 0.844 bits per heavy atom. The van der Waals surface area contributed by atoms with Gasteiger partial charge >= 0.3 is 12.1 Å². The van der Waals surface area contributed by atoms with E-state index in [1.54, 1.807) is 34.6 Å². The lowest BCUT2D eigenvalue weighted by atomic mass is 10.0. The SMILES string of the molecule is CC(C)(C)OC(=O)C(C)(C)NC(=O)C(Cc1ccccc1)NC(=O)OCc1ccccc1. The van der Waals surface area contributed by atoms with Crippen molar-refractivity contribution in [1.29, 1.82) is 0 Å². The van der Waals surface area contributed by atoms with Crippen molar-refractivity contribution in [2.75, 3.05) is 0 Å². The van der Waals surface area contributed by atoms with Gasteiger partial charge in [-0.25, -0.2) is 9.59 Å². The first-order chi connectivity index (χ1) is 15.0. The van der Waals surface area contributed by atoms with Crippen LogP contribution in [-0.4, -0.2) is 35.2 Å². The highest BCUT2D eigenvalue weighted by Gasteiger charge is 2.36. The molecule has 2 amide bonds. The molecule has 0 spiro atoms. The minimum atomic E-state index is -1.28.